The molecule has 0 unspecified atom stereocenters. The predicted octanol–water partition coefficient (Wildman–Crippen LogP) is 3.36. The number of ether oxygens (including phenoxy) is 1. The fraction of sp³-hybridized carbons (Fsp3) is 0.143. The van der Waals surface area contributed by atoms with E-state index in [0.29, 0.717) is 29.3 Å². The third kappa shape index (κ3) is 4.93. The first-order valence-electron chi connectivity index (χ1n) is 9.40. The zero-order valence-electron chi connectivity index (χ0n) is 16.6. The van der Waals surface area contributed by atoms with Gasteiger partial charge < -0.3 is 15.4 Å². The summed E-state index contributed by atoms with van der Waals surface area (Å²) in [5.41, 5.74) is 5.12. The summed E-state index contributed by atoms with van der Waals surface area (Å²) in [7, 11) is 1.57. The molecule has 31 heavy (non-hydrogen) atoms. The first-order valence-corrected chi connectivity index (χ1v) is 9.40. The van der Waals surface area contributed by atoms with Crippen LogP contribution >= 0.6 is 0 Å². The number of nitrogens with zero attached hydrogens (tertiary/aromatic N) is 3. The van der Waals surface area contributed by atoms with E-state index in [1.54, 1.807) is 49.7 Å². The Morgan fingerprint density at radius 2 is 2.16 bits per heavy atom. The number of hydrogen-bond acceptors (Lipinski definition) is 8. The van der Waals surface area contributed by atoms with Gasteiger partial charge in [-0.2, -0.15) is 4.98 Å². The van der Waals surface area contributed by atoms with E-state index in [1.165, 1.54) is 0 Å². The summed E-state index contributed by atoms with van der Waals surface area (Å²) in [5, 5.41) is 5.47. The predicted molar refractivity (Wildman–Crippen MR) is 114 cm³/mol. The van der Waals surface area contributed by atoms with Crippen molar-refractivity contribution in [1.82, 2.24) is 15.3 Å². The third-order valence-corrected chi connectivity index (χ3v) is 4.33. The molecule has 0 aliphatic carbocycles. The number of aromatic nitrogens is 2. The lowest BCUT2D eigenvalue weighted by molar-refractivity contribution is 0.0962. The van der Waals surface area contributed by atoms with Gasteiger partial charge in [0.05, 0.1) is 12.8 Å². The lowest BCUT2D eigenvalue weighted by atomic mass is 10.1. The van der Waals surface area contributed by atoms with Crippen molar-refractivity contribution in [2.75, 3.05) is 24.5 Å². The average Bonchev–Trinajstić information content (AvgIpc) is 2.80. The molecule has 2 aromatic carbocycles. The van der Waals surface area contributed by atoms with E-state index in [2.05, 4.69) is 31.1 Å². The van der Waals surface area contributed by atoms with Crippen LogP contribution in [0.5, 0.6) is 5.75 Å². The Hall–Kier alpha value is -4.05. The first kappa shape index (κ1) is 20.2. The Labute approximate surface area is 177 Å². The van der Waals surface area contributed by atoms with Gasteiger partial charge in [-0.1, -0.05) is 12.1 Å². The number of carbonyl (C=O) groups is 1. The minimum Gasteiger partial charge on any atom is -0.486 e. The number of anilines is 3. The topological polar surface area (TPSA) is 110 Å². The molecule has 0 bridgehead atoms. The highest BCUT2D eigenvalue weighted by Crippen LogP contribution is 2.33. The lowest BCUT2D eigenvalue weighted by Gasteiger charge is -2.14. The number of fused-ring (bicyclic) bond motifs is 1. The molecule has 1 aliphatic rings. The minimum absolute atomic E-state index is 0.0247. The Bertz CT molecular complexity index is 1140. The molecule has 2 heterocycles. The van der Waals surface area contributed by atoms with Crippen LogP contribution in [0.2, 0.25) is 0 Å². The number of benzene rings is 2. The van der Waals surface area contributed by atoms with E-state index in [4.69, 9.17) is 9.57 Å². The number of rotatable bonds is 7. The maximum Gasteiger partial charge on any atom is 0.251 e. The second-order valence-corrected chi connectivity index (χ2v) is 6.49. The van der Waals surface area contributed by atoms with Crippen molar-refractivity contribution in [2.45, 2.75) is 6.61 Å². The molecule has 158 valence electrons. The highest BCUT2D eigenvalue weighted by atomic mass is 19.1. The SMILES string of the molecule is CNC(=O)c1cccc(CONc2ncc(F)c(Nc3ccc4c(c3)N=CCO4)n2)c1. The molecular weight excluding hydrogens is 403 g/mol. The molecule has 1 aliphatic heterocycles. The largest absolute Gasteiger partial charge is 0.486 e. The normalized spacial score (nSPS) is 11.9. The molecule has 9 nitrogen and oxygen atoms in total. The summed E-state index contributed by atoms with van der Waals surface area (Å²) >= 11 is 0. The molecule has 1 amide bonds. The van der Waals surface area contributed by atoms with Gasteiger partial charge in [-0.3, -0.25) is 14.6 Å². The zero-order valence-corrected chi connectivity index (χ0v) is 16.6. The maximum absolute atomic E-state index is 14.2. The number of amides is 1. The summed E-state index contributed by atoms with van der Waals surface area (Å²) in [4.78, 5) is 29.3. The zero-order chi connectivity index (χ0) is 21.6. The van der Waals surface area contributed by atoms with Crippen LogP contribution < -0.4 is 20.9 Å². The van der Waals surface area contributed by atoms with Crippen LogP contribution in [0.4, 0.5) is 27.5 Å². The van der Waals surface area contributed by atoms with Crippen molar-refractivity contribution < 1.29 is 18.8 Å². The van der Waals surface area contributed by atoms with Gasteiger partial charge in [-0.25, -0.2) is 14.9 Å². The van der Waals surface area contributed by atoms with E-state index in [-0.39, 0.29) is 24.3 Å². The van der Waals surface area contributed by atoms with Crippen LogP contribution in [-0.2, 0) is 11.4 Å². The van der Waals surface area contributed by atoms with Gasteiger partial charge in [0.2, 0.25) is 5.95 Å². The summed E-state index contributed by atoms with van der Waals surface area (Å²) in [5.74, 6) is -0.102. The van der Waals surface area contributed by atoms with E-state index in [9.17, 15) is 9.18 Å². The Morgan fingerprint density at radius 3 is 3.03 bits per heavy atom. The monoisotopic (exact) mass is 422 g/mol. The minimum atomic E-state index is -0.624. The van der Waals surface area contributed by atoms with Crippen molar-refractivity contribution in [3.63, 3.8) is 0 Å². The van der Waals surface area contributed by atoms with Crippen molar-refractivity contribution >= 4 is 35.3 Å². The number of aliphatic imine (C=N–C) groups is 1. The molecule has 0 saturated heterocycles. The number of hydrogen-bond donors (Lipinski definition) is 3. The van der Waals surface area contributed by atoms with E-state index >= 15 is 0 Å². The molecule has 1 aromatic heterocycles. The Kier molecular flexibility index (Phi) is 5.99. The van der Waals surface area contributed by atoms with Gasteiger partial charge in [0.15, 0.2) is 11.6 Å². The van der Waals surface area contributed by atoms with Gasteiger partial charge in [0, 0.05) is 24.5 Å². The summed E-state index contributed by atoms with van der Waals surface area (Å²) in [6.45, 7) is 0.572. The standard InChI is InChI=1S/C21H19FN6O3/c1-23-20(29)14-4-2-3-13(9-14)12-31-28-21-25-11-16(22)19(27-21)26-15-5-6-18-17(10-15)24-7-8-30-18/h2-7,9-11H,8,12H2,1H3,(H,23,29)(H2,25,26,27,28). The van der Waals surface area contributed by atoms with Gasteiger partial charge in [0.1, 0.15) is 18.0 Å². The fourth-order valence-electron chi connectivity index (χ4n) is 2.85. The van der Waals surface area contributed by atoms with Crippen molar-refractivity contribution in [3.8, 4) is 5.75 Å². The number of carbonyl (C=O) groups excluding carboxylic acids is 1. The summed E-state index contributed by atoms with van der Waals surface area (Å²) in [6, 6.07) is 12.2. The molecule has 3 N–H and O–H groups in total. The molecule has 0 fully saturated rings. The van der Waals surface area contributed by atoms with Gasteiger partial charge in [-0.05, 0) is 35.9 Å². The molecule has 10 heteroatoms. The van der Waals surface area contributed by atoms with E-state index < -0.39 is 5.82 Å². The Morgan fingerprint density at radius 1 is 1.26 bits per heavy atom. The van der Waals surface area contributed by atoms with Crippen LogP contribution in [-0.4, -0.2) is 35.7 Å². The molecule has 0 saturated carbocycles. The summed E-state index contributed by atoms with van der Waals surface area (Å²) < 4.78 is 19.6. The molecular formula is C21H19FN6O3. The highest BCUT2D eigenvalue weighted by molar-refractivity contribution is 5.94. The van der Waals surface area contributed by atoms with Crippen molar-refractivity contribution in [2.24, 2.45) is 4.99 Å². The summed E-state index contributed by atoms with van der Waals surface area (Å²) in [6.07, 6.45) is 2.69. The Balaban J connectivity index is 1.40. The molecule has 0 spiro atoms. The van der Waals surface area contributed by atoms with Crippen LogP contribution in [0.3, 0.4) is 0 Å². The lowest BCUT2D eigenvalue weighted by Crippen LogP contribution is -2.17. The molecule has 4 rings (SSSR count). The maximum atomic E-state index is 14.2. The number of halogens is 1. The van der Waals surface area contributed by atoms with Crippen molar-refractivity contribution in [3.05, 3.63) is 65.6 Å². The fourth-order valence-corrected chi connectivity index (χ4v) is 2.85. The average molecular weight is 422 g/mol. The first-order chi connectivity index (χ1) is 15.1. The molecule has 3 aromatic rings. The van der Waals surface area contributed by atoms with Gasteiger partial charge >= 0.3 is 0 Å². The molecule has 0 atom stereocenters. The second kappa shape index (κ2) is 9.18. The quantitative estimate of drug-likeness (QED) is 0.501. The van der Waals surface area contributed by atoms with Crippen LogP contribution in [0.1, 0.15) is 15.9 Å². The van der Waals surface area contributed by atoms with Gasteiger partial charge in [0.25, 0.3) is 5.91 Å². The highest BCUT2D eigenvalue weighted by Gasteiger charge is 2.11. The second-order valence-electron chi connectivity index (χ2n) is 6.49. The molecule has 0 radical (unpaired) electrons. The van der Waals surface area contributed by atoms with Crippen LogP contribution in [0.15, 0.2) is 53.7 Å². The third-order valence-electron chi connectivity index (χ3n) is 4.33. The van der Waals surface area contributed by atoms with Crippen LogP contribution in [0, 0.1) is 5.82 Å². The van der Waals surface area contributed by atoms with Gasteiger partial charge in [-0.15, -0.1) is 0 Å². The smallest absolute Gasteiger partial charge is 0.251 e. The van der Waals surface area contributed by atoms with Crippen molar-refractivity contribution in [1.29, 1.82) is 0 Å². The van der Waals surface area contributed by atoms with E-state index in [1.807, 2.05) is 6.07 Å². The van der Waals surface area contributed by atoms with Crippen LogP contribution in [0.25, 0.3) is 0 Å². The number of nitrogens with one attached hydrogen (secondary N) is 3. The van der Waals surface area contributed by atoms with E-state index in [0.717, 1.165) is 11.8 Å².